The highest BCUT2D eigenvalue weighted by Crippen LogP contribution is 2.49. The molecule has 0 unspecified atom stereocenters. The van der Waals surface area contributed by atoms with E-state index in [1.807, 2.05) is 30.1 Å². The number of nitrogens with zero attached hydrogens (tertiary/aromatic N) is 2. The summed E-state index contributed by atoms with van der Waals surface area (Å²) < 4.78 is 0. The summed E-state index contributed by atoms with van der Waals surface area (Å²) in [5, 5.41) is 0.452. The Hall–Kier alpha value is -1.88. The summed E-state index contributed by atoms with van der Waals surface area (Å²) in [4.78, 5) is 43.9. The van der Waals surface area contributed by atoms with Crippen LogP contribution in [0.4, 0.5) is 0 Å². The number of benzene rings is 1. The van der Waals surface area contributed by atoms with Gasteiger partial charge in [-0.1, -0.05) is 42.6 Å². The van der Waals surface area contributed by atoms with E-state index in [1.54, 1.807) is 6.07 Å². The molecule has 0 spiro atoms. The van der Waals surface area contributed by atoms with Gasteiger partial charge in [-0.25, -0.2) is 0 Å². The van der Waals surface area contributed by atoms with Gasteiger partial charge >= 0.3 is 0 Å². The van der Waals surface area contributed by atoms with Crippen LogP contribution in [-0.4, -0.2) is 46.7 Å². The Bertz CT molecular complexity index is 892. The Balaban J connectivity index is 1.48. The van der Waals surface area contributed by atoms with Crippen molar-refractivity contribution in [2.45, 2.75) is 81.7 Å². The topological polar surface area (TPSA) is 57.7 Å². The van der Waals surface area contributed by atoms with E-state index >= 15 is 0 Å². The van der Waals surface area contributed by atoms with Crippen molar-refractivity contribution in [3.05, 3.63) is 34.9 Å². The number of rotatable bonds is 7. The standard InChI is InChI=1S/C25H31ClN2O3/c1-27(23(16-10-11-16)17-12-13-17)21(29)14-25(19-8-4-5-9-20(19)26)15-22(30)28(24(25)31)18-6-2-3-7-18/h4-5,8-9,16-18,23H,2-3,6-7,10-15H2,1H3/t25-/m1/s1. The van der Waals surface area contributed by atoms with E-state index in [0.717, 1.165) is 25.7 Å². The molecule has 3 saturated carbocycles. The van der Waals surface area contributed by atoms with Crippen molar-refractivity contribution < 1.29 is 14.4 Å². The van der Waals surface area contributed by atoms with Crippen molar-refractivity contribution in [3.8, 4) is 0 Å². The molecule has 4 aliphatic rings. The van der Waals surface area contributed by atoms with E-state index in [4.69, 9.17) is 11.6 Å². The molecule has 166 valence electrons. The normalized spacial score (nSPS) is 26.9. The van der Waals surface area contributed by atoms with E-state index in [9.17, 15) is 14.4 Å². The lowest BCUT2D eigenvalue weighted by atomic mass is 9.75. The summed E-state index contributed by atoms with van der Waals surface area (Å²) in [6.45, 7) is 0. The lowest BCUT2D eigenvalue weighted by Crippen LogP contribution is -2.47. The zero-order valence-electron chi connectivity index (χ0n) is 18.2. The number of halogens is 1. The molecular formula is C25H31ClN2O3. The van der Waals surface area contributed by atoms with E-state index in [2.05, 4.69) is 0 Å². The van der Waals surface area contributed by atoms with Crippen LogP contribution in [0.1, 0.15) is 69.8 Å². The molecule has 6 heteroatoms. The molecule has 0 radical (unpaired) electrons. The predicted molar refractivity (Wildman–Crippen MR) is 118 cm³/mol. The highest BCUT2D eigenvalue weighted by Gasteiger charge is 2.57. The zero-order chi connectivity index (χ0) is 21.8. The second-order valence-corrected chi connectivity index (χ2v) is 10.5. The fourth-order valence-electron chi connectivity index (χ4n) is 6.03. The summed E-state index contributed by atoms with van der Waals surface area (Å²) in [7, 11) is 1.89. The van der Waals surface area contributed by atoms with Gasteiger partial charge in [0.15, 0.2) is 0 Å². The molecule has 5 nitrogen and oxygen atoms in total. The molecule has 5 rings (SSSR count). The minimum Gasteiger partial charge on any atom is -0.342 e. The van der Waals surface area contributed by atoms with Crippen molar-refractivity contribution in [1.82, 2.24) is 9.80 Å². The van der Waals surface area contributed by atoms with Gasteiger partial charge in [0, 0.05) is 37.0 Å². The molecule has 1 atom stereocenters. The van der Waals surface area contributed by atoms with Crippen LogP contribution in [0.5, 0.6) is 0 Å². The van der Waals surface area contributed by atoms with Gasteiger partial charge in [0.05, 0.1) is 5.41 Å². The Kier molecular flexibility index (Phi) is 5.36. The predicted octanol–water partition coefficient (Wildman–Crippen LogP) is 4.32. The van der Waals surface area contributed by atoms with Crippen LogP contribution in [-0.2, 0) is 19.8 Å². The van der Waals surface area contributed by atoms with Crippen LogP contribution in [0, 0.1) is 11.8 Å². The smallest absolute Gasteiger partial charge is 0.241 e. The lowest BCUT2D eigenvalue weighted by Gasteiger charge is -2.34. The maximum Gasteiger partial charge on any atom is 0.241 e. The molecule has 3 amide bonds. The van der Waals surface area contributed by atoms with Crippen LogP contribution < -0.4 is 0 Å². The molecule has 4 fully saturated rings. The van der Waals surface area contributed by atoms with Gasteiger partial charge in [0.25, 0.3) is 0 Å². The van der Waals surface area contributed by atoms with Gasteiger partial charge < -0.3 is 4.90 Å². The molecule has 0 bridgehead atoms. The molecule has 0 N–H and O–H groups in total. The van der Waals surface area contributed by atoms with Crippen LogP contribution in [0.15, 0.2) is 24.3 Å². The highest BCUT2D eigenvalue weighted by molar-refractivity contribution is 6.32. The number of hydrogen-bond acceptors (Lipinski definition) is 3. The Labute approximate surface area is 189 Å². The second kappa shape index (κ2) is 7.91. The maximum atomic E-state index is 13.9. The molecule has 1 heterocycles. The Morgan fingerprint density at radius 2 is 1.71 bits per heavy atom. The minimum absolute atomic E-state index is 0.0109. The van der Waals surface area contributed by atoms with E-state index in [1.165, 1.54) is 30.6 Å². The average molecular weight is 443 g/mol. The van der Waals surface area contributed by atoms with Crippen molar-refractivity contribution in [3.63, 3.8) is 0 Å². The fraction of sp³-hybridized carbons (Fsp3) is 0.640. The van der Waals surface area contributed by atoms with Crippen LogP contribution >= 0.6 is 11.6 Å². The Morgan fingerprint density at radius 1 is 1.10 bits per heavy atom. The maximum absolute atomic E-state index is 13.9. The monoisotopic (exact) mass is 442 g/mol. The number of amides is 3. The zero-order valence-corrected chi connectivity index (χ0v) is 18.9. The first-order chi connectivity index (χ1) is 14.9. The van der Waals surface area contributed by atoms with Crippen molar-refractivity contribution in [2.24, 2.45) is 11.8 Å². The number of likely N-dealkylation sites (tertiary alicyclic amines) is 1. The van der Waals surface area contributed by atoms with Crippen LogP contribution in [0.3, 0.4) is 0 Å². The molecule has 3 aliphatic carbocycles. The van der Waals surface area contributed by atoms with E-state index < -0.39 is 5.41 Å². The van der Waals surface area contributed by atoms with Gasteiger partial charge in [0.2, 0.25) is 17.7 Å². The van der Waals surface area contributed by atoms with Gasteiger partial charge in [-0.05, 0) is 62.0 Å². The quantitative estimate of drug-likeness (QED) is 0.591. The molecule has 1 aromatic carbocycles. The average Bonchev–Trinajstić information content (AvgIpc) is 3.68. The third-order valence-corrected chi connectivity index (χ3v) is 8.26. The summed E-state index contributed by atoms with van der Waals surface area (Å²) in [5.41, 5.74) is -0.576. The SMILES string of the molecule is CN(C(=O)C[C@]1(c2ccccc2Cl)CC(=O)N(C2CCCC2)C1=O)C(C1CC1)C1CC1. The van der Waals surface area contributed by atoms with E-state index in [-0.39, 0.29) is 42.6 Å². The molecule has 0 aromatic heterocycles. The van der Waals surface area contributed by atoms with Gasteiger partial charge in [-0.2, -0.15) is 0 Å². The third-order valence-electron chi connectivity index (χ3n) is 7.93. The number of carbonyl (C=O) groups excluding carboxylic acids is 3. The van der Waals surface area contributed by atoms with Crippen LogP contribution in [0.25, 0.3) is 0 Å². The largest absolute Gasteiger partial charge is 0.342 e. The molecule has 31 heavy (non-hydrogen) atoms. The Morgan fingerprint density at radius 3 is 2.29 bits per heavy atom. The van der Waals surface area contributed by atoms with Gasteiger partial charge in [-0.15, -0.1) is 0 Å². The number of imide groups is 1. The van der Waals surface area contributed by atoms with Crippen molar-refractivity contribution >= 4 is 29.3 Å². The van der Waals surface area contributed by atoms with Crippen LogP contribution in [0.2, 0.25) is 5.02 Å². The first kappa shape index (κ1) is 21.0. The summed E-state index contributed by atoms with van der Waals surface area (Å²) in [6.07, 6.45) is 8.55. The first-order valence-electron chi connectivity index (χ1n) is 11.8. The fourth-order valence-corrected chi connectivity index (χ4v) is 6.35. The van der Waals surface area contributed by atoms with Gasteiger partial charge in [0.1, 0.15) is 0 Å². The number of hydrogen-bond donors (Lipinski definition) is 0. The van der Waals surface area contributed by atoms with Gasteiger partial charge in [-0.3, -0.25) is 19.3 Å². The highest BCUT2D eigenvalue weighted by atomic mass is 35.5. The molecule has 1 aliphatic heterocycles. The molecular weight excluding hydrogens is 412 g/mol. The second-order valence-electron chi connectivity index (χ2n) is 10.1. The molecule has 1 aromatic rings. The minimum atomic E-state index is -1.19. The van der Waals surface area contributed by atoms with E-state index in [0.29, 0.717) is 22.4 Å². The molecule has 1 saturated heterocycles. The first-order valence-corrected chi connectivity index (χ1v) is 12.2. The summed E-state index contributed by atoms with van der Waals surface area (Å²) in [6, 6.07) is 7.46. The summed E-state index contributed by atoms with van der Waals surface area (Å²) in [5.74, 6) is 0.752. The third kappa shape index (κ3) is 3.69. The van der Waals surface area contributed by atoms with Crippen molar-refractivity contribution in [1.29, 1.82) is 0 Å². The summed E-state index contributed by atoms with van der Waals surface area (Å²) >= 11 is 6.55. The van der Waals surface area contributed by atoms with Crippen molar-refractivity contribution in [2.75, 3.05) is 7.05 Å². The number of carbonyl (C=O) groups is 3. The lowest BCUT2D eigenvalue weighted by molar-refractivity contribution is -0.145.